The summed E-state index contributed by atoms with van der Waals surface area (Å²) in [6.45, 7) is 1.51. The lowest BCUT2D eigenvalue weighted by atomic mass is 10.3. The first-order valence-corrected chi connectivity index (χ1v) is 7.00. The van der Waals surface area contributed by atoms with Crippen molar-refractivity contribution < 1.29 is 4.79 Å². The van der Waals surface area contributed by atoms with Gasteiger partial charge < -0.3 is 5.32 Å². The monoisotopic (exact) mass is 249 g/mol. The van der Waals surface area contributed by atoms with E-state index >= 15 is 0 Å². The summed E-state index contributed by atoms with van der Waals surface area (Å²) >= 11 is 0. The molecular weight excluding hydrogens is 238 g/mol. The van der Waals surface area contributed by atoms with Crippen molar-refractivity contribution in [2.75, 3.05) is 5.32 Å². The highest BCUT2D eigenvalue weighted by Crippen LogP contribution is 2.29. The molecule has 0 saturated carbocycles. The van der Waals surface area contributed by atoms with Crippen molar-refractivity contribution >= 4 is 41.7 Å². The average molecular weight is 249 g/mol. The van der Waals surface area contributed by atoms with Crippen LogP contribution in [0.25, 0.3) is 9.40 Å². The number of hydrogen-bond acceptors (Lipinski definition) is 3. The van der Waals surface area contributed by atoms with Gasteiger partial charge in [0, 0.05) is 12.6 Å². The summed E-state index contributed by atoms with van der Waals surface area (Å²) in [6, 6.07) is 13.8. The minimum Gasteiger partial charge on any atom is -0.326 e. The van der Waals surface area contributed by atoms with E-state index in [9.17, 15) is 4.79 Å². The highest BCUT2D eigenvalue weighted by Gasteiger charge is 1.94. The Morgan fingerprint density at radius 2 is 1.69 bits per heavy atom. The van der Waals surface area contributed by atoms with Crippen molar-refractivity contribution in [1.82, 2.24) is 0 Å². The summed E-state index contributed by atoms with van der Waals surface area (Å²) < 4.78 is 2.52. The number of fused-ring (bicyclic) bond motifs is 1. The van der Waals surface area contributed by atoms with Crippen molar-refractivity contribution in [1.29, 1.82) is 0 Å². The molecule has 0 unspecified atom stereocenters. The molecule has 1 amide bonds. The van der Waals surface area contributed by atoms with E-state index in [-0.39, 0.29) is 5.91 Å². The maximum absolute atomic E-state index is 11.0. The average Bonchev–Trinajstić information content (AvgIpc) is 2.19. The van der Waals surface area contributed by atoms with E-state index in [1.807, 2.05) is 36.4 Å². The van der Waals surface area contributed by atoms with Crippen molar-refractivity contribution in [3.05, 3.63) is 42.5 Å². The molecule has 0 fully saturated rings. The summed E-state index contributed by atoms with van der Waals surface area (Å²) in [5.74, 6) is -0.0539. The third kappa shape index (κ3) is 2.81. The molecule has 2 rings (SSSR count). The number of carbonyl (C=O) groups excluding carboxylic acids is 1. The standard InChI is InChI=1S/C12H11NOS2/c1-9(14)13-10-5-3-2-4-6-11-12(8-7-10)16-15-11/h2-8H,1H3,(H,13,14). The lowest BCUT2D eigenvalue weighted by molar-refractivity contribution is -0.114. The number of rotatable bonds is 1. The van der Waals surface area contributed by atoms with Gasteiger partial charge in [-0.2, -0.15) is 0 Å². The van der Waals surface area contributed by atoms with Gasteiger partial charge in [-0.05, 0) is 24.3 Å². The third-order valence-corrected chi connectivity index (χ3v) is 4.56. The van der Waals surface area contributed by atoms with E-state index < -0.39 is 0 Å². The molecule has 1 aromatic heterocycles. The summed E-state index contributed by atoms with van der Waals surface area (Å²) in [5.41, 5.74) is 0.809. The van der Waals surface area contributed by atoms with Gasteiger partial charge in [0.25, 0.3) is 0 Å². The molecule has 1 N–H and O–H groups in total. The minimum atomic E-state index is -0.0539. The zero-order valence-corrected chi connectivity index (χ0v) is 10.4. The molecule has 82 valence electrons. The Bertz CT molecular complexity index is 555. The van der Waals surface area contributed by atoms with E-state index in [0.29, 0.717) is 0 Å². The molecule has 0 saturated heterocycles. The van der Waals surface area contributed by atoms with Crippen LogP contribution in [0.5, 0.6) is 0 Å². The smallest absolute Gasteiger partial charge is 0.221 e. The maximum Gasteiger partial charge on any atom is 0.221 e. The van der Waals surface area contributed by atoms with Crippen LogP contribution in [0.4, 0.5) is 5.69 Å². The third-order valence-electron chi connectivity index (χ3n) is 1.94. The molecule has 1 aromatic carbocycles. The predicted molar refractivity (Wildman–Crippen MR) is 71.6 cm³/mol. The van der Waals surface area contributed by atoms with E-state index in [1.165, 1.54) is 16.3 Å². The van der Waals surface area contributed by atoms with E-state index in [4.69, 9.17) is 0 Å². The van der Waals surface area contributed by atoms with Gasteiger partial charge in [0.1, 0.15) is 0 Å². The second-order valence-corrected chi connectivity index (χ2v) is 5.49. The van der Waals surface area contributed by atoms with Gasteiger partial charge in [0.05, 0.1) is 9.40 Å². The van der Waals surface area contributed by atoms with Crippen LogP contribution in [-0.4, -0.2) is 5.91 Å². The first kappa shape index (κ1) is 11.1. The molecule has 0 spiro atoms. The Labute approximate surface area is 101 Å². The zero-order chi connectivity index (χ0) is 11.4. The van der Waals surface area contributed by atoms with Crippen LogP contribution < -0.4 is 5.32 Å². The topological polar surface area (TPSA) is 29.1 Å². The number of anilines is 1. The number of carbonyl (C=O) groups is 1. The molecule has 2 aromatic rings. The molecular formula is C12H11NOS2. The summed E-state index contributed by atoms with van der Waals surface area (Å²) in [7, 11) is 3.50. The first-order chi connectivity index (χ1) is 7.75. The Morgan fingerprint density at radius 1 is 1.00 bits per heavy atom. The van der Waals surface area contributed by atoms with Gasteiger partial charge in [-0.1, -0.05) is 38.9 Å². The maximum atomic E-state index is 11.0. The van der Waals surface area contributed by atoms with Crippen LogP contribution in [0, 0.1) is 0 Å². The number of amides is 1. The number of nitrogens with one attached hydrogen (secondary N) is 1. The van der Waals surface area contributed by atoms with Crippen LogP contribution in [-0.2, 0) is 4.79 Å². The molecule has 1 heterocycles. The van der Waals surface area contributed by atoms with Gasteiger partial charge >= 0.3 is 0 Å². The zero-order valence-electron chi connectivity index (χ0n) is 8.77. The fraction of sp³-hybridized carbons (Fsp3) is 0.0833. The molecule has 16 heavy (non-hydrogen) atoms. The highest BCUT2D eigenvalue weighted by molar-refractivity contribution is 7.78. The lowest BCUT2D eigenvalue weighted by Gasteiger charge is -1.98. The fourth-order valence-electron chi connectivity index (χ4n) is 1.23. The van der Waals surface area contributed by atoms with Gasteiger partial charge in [-0.25, -0.2) is 0 Å². The lowest BCUT2D eigenvalue weighted by Crippen LogP contribution is -2.04. The van der Waals surface area contributed by atoms with Gasteiger partial charge in [-0.15, -0.1) is 0 Å². The second-order valence-electron chi connectivity index (χ2n) is 3.28. The van der Waals surface area contributed by atoms with Crippen molar-refractivity contribution in [3.8, 4) is 0 Å². The van der Waals surface area contributed by atoms with Crippen LogP contribution in [0.2, 0.25) is 0 Å². The molecule has 0 radical (unpaired) electrons. The summed E-state index contributed by atoms with van der Waals surface area (Å²) in [5, 5.41) is 2.78. The van der Waals surface area contributed by atoms with Crippen LogP contribution in [0.1, 0.15) is 6.92 Å². The largest absolute Gasteiger partial charge is 0.326 e. The van der Waals surface area contributed by atoms with Gasteiger partial charge in [0.15, 0.2) is 0 Å². The summed E-state index contributed by atoms with van der Waals surface area (Å²) in [6.07, 6.45) is 0. The van der Waals surface area contributed by atoms with Crippen LogP contribution >= 0.6 is 20.7 Å². The highest BCUT2D eigenvalue weighted by atomic mass is 32.9. The van der Waals surface area contributed by atoms with E-state index in [0.717, 1.165) is 5.69 Å². The quantitative estimate of drug-likeness (QED) is 0.759. The predicted octanol–water partition coefficient (Wildman–Crippen LogP) is 4.05. The van der Waals surface area contributed by atoms with Gasteiger partial charge in [0.2, 0.25) is 5.91 Å². The Hall–Kier alpha value is -1.39. The van der Waals surface area contributed by atoms with Crippen molar-refractivity contribution in [2.24, 2.45) is 0 Å². The fourth-order valence-corrected chi connectivity index (χ4v) is 3.06. The molecule has 0 atom stereocenters. The second kappa shape index (κ2) is 5.09. The van der Waals surface area contributed by atoms with Crippen molar-refractivity contribution in [2.45, 2.75) is 6.92 Å². The van der Waals surface area contributed by atoms with E-state index in [1.54, 1.807) is 20.7 Å². The van der Waals surface area contributed by atoms with Crippen LogP contribution in [0.3, 0.4) is 0 Å². The molecule has 0 aliphatic carbocycles. The van der Waals surface area contributed by atoms with Crippen LogP contribution in [0.15, 0.2) is 42.5 Å². The van der Waals surface area contributed by atoms with E-state index in [2.05, 4.69) is 11.4 Å². The normalized spacial score (nSPS) is 9.81. The molecule has 0 aliphatic rings. The van der Waals surface area contributed by atoms with Gasteiger partial charge in [-0.3, -0.25) is 4.79 Å². The Balaban J connectivity index is 2.47. The van der Waals surface area contributed by atoms with Crippen molar-refractivity contribution in [3.63, 3.8) is 0 Å². The Kier molecular flexibility index (Phi) is 3.54. The molecule has 2 nitrogen and oxygen atoms in total. The number of hydrogen-bond donors (Lipinski definition) is 1. The minimum absolute atomic E-state index is 0.0539. The summed E-state index contributed by atoms with van der Waals surface area (Å²) in [4.78, 5) is 11.0. The molecule has 4 heteroatoms. The SMILES string of the molecule is CC(=O)Nc1cccccc2ssc2cc1. The molecule has 0 aliphatic heterocycles. The first-order valence-electron chi connectivity index (χ1n) is 4.85. The molecule has 0 bridgehead atoms. The Morgan fingerprint density at radius 3 is 2.38 bits per heavy atom.